The Morgan fingerprint density at radius 1 is 1.20 bits per heavy atom. The maximum Gasteiger partial charge on any atom is 0.256 e. The molecule has 0 spiro atoms. The average Bonchev–Trinajstić information content (AvgIpc) is 3.12. The van der Waals surface area contributed by atoms with Crippen LogP contribution in [0.3, 0.4) is 0 Å². The molecule has 2 aliphatic rings. The Labute approximate surface area is 153 Å². The van der Waals surface area contributed by atoms with Gasteiger partial charge in [-0.15, -0.1) is 12.4 Å². The topological polar surface area (TPSA) is 93.9 Å². The van der Waals surface area contributed by atoms with Crippen LogP contribution in [0.25, 0.3) is 0 Å². The van der Waals surface area contributed by atoms with Crippen molar-refractivity contribution in [2.24, 2.45) is 5.73 Å². The zero-order valence-electron chi connectivity index (χ0n) is 14.0. The van der Waals surface area contributed by atoms with E-state index in [4.69, 9.17) is 15.2 Å². The number of halogens is 1. The average molecular weight is 370 g/mol. The number of morpholine rings is 1. The van der Waals surface area contributed by atoms with E-state index < -0.39 is 6.10 Å². The lowest BCUT2D eigenvalue weighted by Gasteiger charge is -2.27. The number of rotatable bonds is 4. The number of benzene rings is 1. The van der Waals surface area contributed by atoms with Crippen molar-refractivity contribution >= 4 is 29.9 Å². The van der Waals surface area contributed by atoms with Gasteiger partial charge in [-0.3, -0.25) is 9.59 Å². The van der Waals surface area contributed by atoms with Crippen LogP contribution in [0.5, 0.6) is 0 Å². The highest BCUT2D eigenvalue weighted by molar-refractivity contribution is 6.04. The van der Waals surface area contributed by atoms with E-state index in [1.807, 2.05) is 0 Å². The second kappa shape index (κ2) is 9.15. The molecular weight excluding hydrogens is 346 g/mol. The van der Waals surface area contributed by atoms with Gasteiger partial charge in [-0.05, 0) is 25.0 Å². The molecule has 25 heavy (non-hydrogen) atoms. The molecule has 2 amide bonds. The Bertz CT molecular complexity index is 607. The smallest absolute Gasteiger partial charge is 0.256 e. The molecule has 3 rings (SSSR count). The van der Waals surface area contributed by atoms with Gasteiger partial charge in [0.2, 0.25) is 0 Å². The maximum absolute atomic E-state index is 12.7. The minimum Gasteiger partial charge on any atom is -0.378 e. The van der Waals surface area contributed by atoms with Crippen molar-refractivity contribution in [1.29, 1.82) is 0 Å². The maximum atomic E-state index is 12.7. The second-order valence-electron chi connectivity index (χ2n) is 6.00. The number of hydrogen-bond donors (Lipinski definition) is 2. The number of nitrogens with zero attached hydrogens (tertiary/aromatic N) is 1. The number of ether oxygens (including phenoxy) is 2. The predicted molar refractivity (Wildman–Crippen MR) is 96.0 cm³/mol. The molecule has 0 unspecified atom stereocenters. The van der Waals surface area contributed by atoms with Gasteiger partial charge in [-0.2, -0.15) is 0 Å². The highest BCUT2D eigenvalue weighted by Gasteiger charge is 2.30. The van der Waals surface area contributed by atoms with E-state index in [0.29, 0.717) is 50.5 Å². The Morgan fingerprint density at radius 3 is 2.60 bits per heavy atom. The summed E-state index contributed by atoms with van der Waals surface area (Å²) in [4.78, 5) is 26.8. The molecule has 138 valence electrons. The molecule has 8 heteroatoms. The molecule has 0 bridgehead atoms. The summed E-state index contributed by atoms with van der Waals surface area (Å²) in [6.45, 7) is 2.61. The first kappa shape index (κ1) is 19.7. The van der Waals surface area contributed by atoms with E-state index in [1.165, 1.54) is 0 Å². The molecule has 2 fully saturated rings. The fourth-order valence-corrected chi connectivity index (χ4v) is 3.00. The fraction of sp³-hybridized carbons (Fsp3) is 0.529. The molecule has 7 nitrogen and oxygen atoms in total. The Hall–Kier alpha value is -1.67. The first-order valence-corrected chi connectivity index (χ1v) is 8.31. The van der Waals surface area contributed by atoms with Crippen LogP contribution in [0.4, 0.5) is 5.69 Å². The van der Waals surface area contributed by atoms with Crippen LogP contribution >= 0.6 is 12.4 Å². The van der Waals surface area contributed by atoms with Crippen molar-refractivity contribution in [3.8, 4) is 0 Å². The summed E-state index contributed by atoms with van der Waals surface area (Å²) in [5.74, 6) is -0.324. The van der Waals surface area contributed by atoms with E-state index in [1.54, 1.807) is 29.2 Å². The first-order chi connectivity index (χ1) is 11.7. The predicted octanol–water partition coefficient (Wildman–Crippen LogP) is 1.03. The van der Waals surface area contributed by atoms with Crippen LogP contribution in [0.1, 0.15) is 23.2 Å². The van der Waals surface area contributed by atoms with Crippen LogP contribution in [0.15, 0.2) is 24.3 Å². The van der Waals surface area contributed by atoms with Gasteiger partial charge in [0.25, 0.3) is 11.8 Å². The number of anilines is 1. The number of hydrogen-bond acceptors (Lipinski definition) is 5. The summed E-state index contributed by atoms with van der Waals surface area (Å²) in [7, 11) is 0. The Kier molecular flexibility index (Phi) is 7.19. The standard InChI is InChI=1S/C17H23N3O4.ClH/c18-11-12-5-6-15(24-12)16(21)19-14-4-2-1-3-13(14)17(22)20-7-9-23-10-8-20;/h1-4,12,15H,5-11,18H2,(H,19,21);1H/t12-,15+;/m1./s1. The van der Waals surface area contributed by atoms with Gasteiger partial charge in [0, 0.05) is 19.6 Å². The number of para-hydroxylation sites is 1. The summed E-state index contributed by atoms with van der Waals surface area (Å²) in [6, 6.07) is 7.05. The minimum absolute atomic E-state index is 0. The molecular formula is C17H24ClN3O4. The van der Waals surface area contributed by atoms with Gasteiger partial charge < -0.3 is 25.4 Å². The first-order valence-electron chi connectivity index (χ1n) is 8.31. The molecule has 2 atom stereocenters. The molecule has 1 aromatic rings. The molecule has 2 aliphatic heterocycles. The van der Waals surface area contributed by atoms with Gasteiger partial charge in [0.15, 0.2) is 0 Å². The summed E-state index contributed by atoms with van der Waals surface area (Å²) in [5, 5.41) is 2.83. The van der Waals surface area contributed by atoms with E-state index in [-0.39, 0.29) is 30.3 Å². The van der Waals surface area contributed by atoms with Crippen LogP contribution < -0.4 is 11.1 Å². The second-order valence-corrected chi connectivity index (χ2v) is 6.00. The lowest BCUT2D eigenvalue weighted by atomic mass is 10.1. The van der Waals surface area contributed by atoms with Crippen LogP contribution in [0, 0.1) is 0 Å². The third kappa shape index (κ3) is 4.70. The van der Waals surface area contributed by atoms with Crippen LogP contribution in [-0.2, 0) is 14.3 Å². The van der Waals surface area contributed by atoms with Crippen LogP contribution in [-0.4, -0.2) is 61.8 Å². The van der Waals surface area contributed by atoms with E-state index in [9.17, 15) is 9.59 Å². The Balaban J connectivity index is 0.00000225. The van der Waals surface area contributed by atoms with Crippen LogP contribution in [0.2, 0.25) is 0 Å². The number of carbonyl (C=O) groups is 2. The largest absolute Gasteiger partial charge is 0.378 e. The molecule has 0 aliphatic carbocycles. The van der Waals surface area contributed by atoms with Crippen molar-refractivity contribution in [3.63, 3.8) is 0 Å². The third-order valence-corrected chi connectivity index (χ3v) is 4.38. The highest BCUT2D eigenvalue weighted by atomic mass is 35.5. The zero-order chi connectivity index (χ0) is 16.9. The molecule has 2 heterocycles. The van der Waals surface area contributed by atoms with Crippen molar-refractivity contribution in [3.05, 3.63) is 29.8 Å². The fourth-order valence-electron chi connectivity index (χ4n) is 3.00. The normalized spacial score (nSPS) is 23.0. The van der Waals surface area contributed by atoms with Gasteiger partial charge in [0.05, 0.1) is 30.6 Å². The quantitative estimate of drug-likeness (QED) is 0.826. The molecule has 1 aromatic carbocycles. The van der Waals surface area contributed by atoms with Gasteiger partial charge in [-0.1, -0.05) is 12.1 Å². The molecule has 0 aromatic heterocycles. The Morgan fingerprint density at radius 2 is 1.92 bits per heavy atom. The van der Waals surface area contributed by atoms with Crippen molar-refractivity contribution in [1.82, 2.24) is 4.90 Å². The van der Waals surface area contributed by atoms with Gasteiger partial charge >= 0.3 is 0 Å². The molecule has 3 N–H and O–H groups in total. The molecule has 0 saturated carbocycles. The van der Waals surface area contributed by atoms with E-state index >= 15 is 0 Å². The lowest BCUT2D eigenvalue weighted by molar-refractivity contribution is -0.126. The molecule has 0 radical (unpaired) electrons. The minimum atomic E-state index is -0.509. The third-order valence-electron chi connectivity index (χ3n) is 4.38. The summed E-state index contributed by atoms with van der Waals surface area (Å²) in [5.41, 5.74) is 6.58. The van der Waals surface area contributed by atoms with Crippen molar-refractivity contribution in [2.75, 3.05) is 38.2 Å². The summed E-state index contributed by atoms with van der Waals surface area (Å²) < 4.78 is 10.9. The SMILES string of the molecule is Cl.NC[C@H]1CC[C@@H](C(=O)Nc2ccccc2C(=O)N2CCOCC2)O1. The number of nitrogens with one attached hydrogen (secondary N) is 1. The highest BCUT2D eigenvalue weighted by Crippen LogP contribution is 2.23. The number of carbonyl (C=O) groups excluding carboxylic acids is 2. The van der Waals surface area contributed by atoms with Gasteiger partial charge in [-0.25, -0.2) is 0 Å². The monoisotopic (exact) mass is 369 g/mol. The summed E-state index contributed by atoms with van der Waals surface area (Å²) in [6.07, 6.45) is 0.854. The van der Waals surface area contributed by atoms with Crippen molar-refractivity contribution < 1.29 is 19.1 Å². The zero-order valence-corrected chi connectivity index (χ0v) is 14.8. The number of amides is 2. The van der Waals surface area contributed by atoms with E-state index in [2.05, 4.69) is 5.32 Å². The number of nitrogens with two attached hydrogens (primary N) is 1. The summed E-state index contributed by atoms with van der Waals surface area (Å²) >= 11 is 0. The van der Waals surface area contributed by atoms with E-state index in [0.717, 1.165) is 6.42 Å². The van der Waals surface area contributed by atoms with Crippen molar-refractivity contribution in [2.45, 2.75) is 25.0 Å². The van der Waals surface area contributed by atoms with Gasteiger partial charge in [0.1, 0.15) is 6.10 Å². The molecule has 2 saturated heterocycles. The lowest BCUT2D eigenvalue weighted by Crippen LogP contribution is -2.41.